The van der Waals surface area contributed by atoms with E-state index in [9.17, 15) is 9.59 Å². The van der Waals surface area contributed by atoms with Gasteiger partial charge in [0.2, 0.25) is 0 Å². The van der Waals surface area contributed by atoms with E-state index in [-0.39, 0.29) is 12.6 Å². The van der Waals surface area contributed by atoms with E-state index >= 15 is 0 Å². The summed E-state index contributed by atoms with van der Waals surface area (Å²) in [5.41, 5.74) is 1.74. The third-order valence-corrected chi connectivity index (χ3v) is 3.94. The normalized spacial score (nSPS) is 17.6. The van der Waals surface area contributed by atoms with Crippen molar-refractivity contribution in [1.82, 2.24) is 10.2 Å². The number of amides is 2. The van der Waals surface area contributed by atoms with Crippen molar-refractivity contribution in [2.24, 2.45) is 0 Å². The maximum Gasteiger partial charge on any atom is 0.338 e. The van der Waals surface area contributed by atoms with Crippen LogP contribution in [0.15, 0.2) is 35.5 Å². The highest BCUT2D eigenvalue weighted by atomic mass is 16.5. The number of carbonyl (C=O) groups is 2. The highest BCUT2D eigenvalue weighted by Crippen LogP contribution is 2.35. The minimum Gasteiger partial charge on any atom is -0.493 e. The van der Waals surface area contributed by atoms with E-state index in [1.54, 1.807) is 20.9 Å². The lowest BCUT2D eigenvalue weighted by Crippen LogP contribution is -2.46. The van der Waals surface area contributed by atoms with E-state index in [1.165, 1.54) is 4.90 Å². The van der Waals surface area contributed by atoms with Crippen molar-refractivity contribution in [2.45, 2.75) is 33.2 Å². The SMILES string of the molecule is CCCOc1ccccc1[C@H]1NC(=O)N(C)C(C)=C1C(=O)OCC. The Balaban J connectivity index is 2.50. The standard InChI is InChI=1S/C18H24N2O4/c1-5-11-24-14-10-8-7-9-13(14)16-15(17(21)23-6-2)12(3)20(4)18(22)19-16/h7-10,16H,5-6,11H2,1-4H3,(H,19,22)/t16-/m1/s1. The minimum atomic E-state index is -0.596. The second kappa shape index (κ2) is 7.86. The molecule has 1 aromatic carbocycles. The lowest BCUT2D eigenvalue weighted by Gasteiger charge is -2.33. The number of carbonyl (C=O) groups excluding carboxylic acids is 2. The van der Waals surface area contributed by atoms with E-state index in [2.05, 4.69) is 5.32 Å². The number of rotatable bonds is 6. The molecule has 0 saturated carbocycles. The van der Waals surface area contributed by atoms with Crippen LogP contribution in [0.25, 0.3) is 0 Å². The van der Waals surface area contributed by atoms with Gasteiger partial charge >= 0.3 is 12.0 Å². The molecule has 6 heteroatoms. The highest BCUT2D eigenvalue weighted by molar-refractivity contribution is 5.95. The van der Waals surface area contributed by atoms with Crippen LogP contribution < -0.4 is 10.1 Å². The van der Waals surface area contributed by atoms with Crippen molar-refractivity contribution in [2.75, 3.05) is 20.3 Å². The molecular formula is C18H24N2O4. The molecule has 0 saturated heterocycles. The molecule has 6 nitrogen and oxygen atoms in total. The molecule has 1 aliphatic heterocycles. The number of para-hydroxylation sites is 1. The minimum absolute atomic E-state index is 0.268. The van der Waals surface area contributed by atoms with Gasteiger partial charge < -0.3 is 19.7 Å². The van der Waals surface area contributed by atoms with E-state index in [0.717, 1.165) is 12.0 Å². The van der Waals surface area contributed by atoms with Gasteiger partial charge in [0.15, 0.2) is 0 Å². The first-order chi connectivity index (χ1) is 11.5. The molecule has 1 atom stereocenters. The number of allylic oxidation sites excluding steroid dienone is 1. The number of nitrogens with one attached hydrogen (secondary N) is 1. The number of urea groups is 1. The van der Waals surface area contributed by atoms with Crippen LogP contribution >= 0.6 is 0 Å². The van der Waals surface area contributed by atoms with E-state index in [0.29, 0.717) is 23.6 Å². The summed E-state index contributed by atoms with van der Waals surface area (Å²) in [5.74, 6) is 0.223. The van der Waals surface area contributed by atoms with Gasteiger partial charge in [-0.3, -0.25) is 0 Å². The molecule has 0 aliphatic carbocycles. The van der Waals surface area contributed by atoms with Gasteiger partial charge in [-0.25, -0.2) is 9.59 Å². The molecule has 0 aromatic heterocycles. The van der Waals surface area contributed by atoms with Crippen LogP contribution in [-0.2, 0) is 9.53 Å². The van der Waals surface area contributed by atoms with Gasteiger partial charge in [0, 0.05) is 18.3 Å². The van der Waals surface area contributed by atoms with E-state index in [4.69, 9.17) is 9.47 Å². The largest absolute Gasteiger partial charge is 0.493 e. The van der Waals surface area contributed by atoms with Crippen LogP contribution in [0.4, 0.5) is 4.79 Å². The number of hydrogen-bond acceptors (Lipinski definition) is 4. The average molecular weight is 332 g/mol. The monoisotopic (exact) mass is 332 g/mol. The number of ether oxygens (including phenoxy) is 2. The van der Waals surface area contributed by atoms with Crippen molar-refractivity contribution in [1.29, 1.82) is 0 Å². The Hall–Kier alpha value is -2.50. The van der Waals surface area contributed by atoms with Gasteiger partial charge in [-0.2, -0.15) is 0 Å². The van der Waals surface area contributed by atoms with Crippen molar-refractivity contribution >= 4 is 12.0 Å². The van der Waals surface area contributed by atoms with Crippen LogP contribution in [-0.4, -0.2) is 37.2 Å². The summed E-state index contributed by atoms with van der Waals surface area (Å²) >= 11 is 0. The summed E-state index contributed by atoms with van der Waals surface area (Å²) in [7, 11) is 1.62. The summed E-state index contributed by atoms with van der Waals surface area (Å²) < 4.78 is 11.0. The molecule has 0 fully saturated rings. The van der Waals surface area contributed by atoms with E-state index < -0.39 is 12.0 Å². The average Bonchev–Trinajstić information content (AvgIpc) is 2.58. The fourth-order valence-corrected chi connectivity index (χ4v) is 2.60. The molecule has 24 heavy (non-hydrogen) atoms. The van der Waals surface area contributed by atoms with Gasteiger partial charge in [-0.05, 0) is 26.3 Å². The molecule has 1 heterocycles. The molecule has 0 bridgehead atoms. The second-order valence-electron chi connectivity index (χ2n) is 5.55. The third kappa shape index (κ3) is 3.53. The number of benzene rings is 1. The lowest BCUT2D eigenvalue weighted by atomic mass is 9.94. The van der Waals surface area contributed by atoms with Gasteiger partial charge in [0.25, 0.3) is 0 Å². The summed E-state index contributed by atoms with van der Waals surface area (Å²) in [6.07, 6.45) is 0.869. The lowest BCUT2D eigenvalue weighted by molar-refractivity contribution is -0.139. The van der Waals surface area contributed by atoms with Crippen molar-refractivity contribution in [3.05, 3.63) is 41.1 Å². The molecule has 1 aliphatic rings. The first-order valence-electron chi connectivity index (χ1n) is 8.15. The molecule has 1 aromatic rings. The fourth-order valence-electron chi connectivity index (χ4n) is 2.60. The maximum absolute atomic E-state index is 12.5. The summed E-state index contributed by atoms with van der Waals surface area (Å²) in [4.78, 5) is 26.1. The second-order valence-corrected chi connectivity index (χ2v) is 5.55. The summed E-state index contributed by atoms with van der Waals surface area (Å²) in [6, 6.07) is 6.56. The van der Waals surface area contributed by atoms with Crippen molar-refractivity contribution < 1.29 is 19.1 Å². The Kier molecular flexibility index (Phi) is 5.84. The van der Waals surface area contributed by atoms with Gasteiger partial charge in [0.05, 0.1) is 24.8 Å². The highest BCUT2D eigenvalue weighted by Gasteiger charge is 2.36. The van der Waals surface area contributed by atoms with E-state index in [1.807, 2.05) is 31.2 Å². The Labute approximate surface area is 142 Å². The predicted octanol–water partition coefficient (Wildman–Crippen LogP) is 3.01. The maximum atomic E-state index is 12.5. The van der Waals surface area contributed by atoms with Crippen LogP contribution in [0, 0.1) is 0 Å². The summed E-state index contributed by atoms with van der Waals surface area (Å²) in [6.45, 7) is 6.36. The Bertz CT molecular complexity index is 654. The molecule has 0 spiro atoms. The first-order valence-corrected chi connectivity index (χ1v) is 8.15. The molecule has 0 radical (unpaired) electrons. The number of esters is 1. The molecule has 130 valence electrons. The van der Waals surface area contributed by atoms with Gasteiger partial charge in [0.1, 0.15) is 5.75 Å². The van der Waals surface area contributed by atoms with Crippen LogP contribution in [0.3, 0.4) is 0 Å². The molecule has 2 rings (SSSR count). The predicted molar refractivity (Wildman–Crippen MR) is 90.6 cm³/mol. The van der Waals surface area contributed by atoms with Crippen LogP contribution in [0.5, 0.6) is 5.75 Å². The molecule has 1 N–H and O–H groups in total. The molecular weight excluding hydrogens is 308 g/mol. The van der Waals surface area contributed by atoms with Crippen molar-refractivity contribution in [3.8, 4) is 5.75 Å². The quantitative estimate of drug-likeness (QED) is 0.813. The van der Waals surface area contributed by atoms with Crippen molar-refractivity contribution in [3.63, 3.8) is 0 Å². The molecule has 2 amide bonds. The Morgan fingerprint density at radius 2 is 2.00 bits per heavy atom. The van der Waals surface area contributed by atoms with Gasteiger partial charge in [-0.1, -0.05) is 25.1 Å². The zero-order valence-electron chi connectivity index (χ0n) is 14.6. The molecule has 0 unspecified atom stereocenters. The summed E-state index contributed by atoms with van der Waals surface area (Å²) in [5, 5.41) is 2.87. The zero-order valence-corrected chi connectivity index (χ0v) is 14.6. The fraction of sp³-hybridized carbons (Fsp3) is 0.444. The van der Waals surface area contributed by atoms with Gasteiger partial charge in [-0.15, -0.1) is 0 Å². The van der Waals surface area contributed by atoms with Crippen LogP contribution in [0.2, 0.25) is 0 Å². The number of hydrogen-bond donors (Lipinski definition) is 1. The zero-order chi connectivity index (χ0) is 17.7. The first kappa shape index (κ1) is 17.8. The topological polar surface area (TPSA) is 67.9 Å². The Morgan fingerprint density at radius 1 is 1.29 bits per heavy atom. The Morgan fingerprint density at radius 3 is 2.67 bits per heavy atom. The third-order valence-electron chi connectivity index (χ3n) is 3.94. The smallest absolute Gasteiger partial charge is 0.338 e. The number of nitrogens with zero attached hydrogens (tertiary/aromatic N) is 1. The van der Waals surface area contributed by atoms with Crippen LogP contribution in [0.1, 0.15) is 38.8 Å².